The van der Waals surface area contributed by atoms with E-state index >= 15 is 0 Å². The first-order chi connectivity index (χ1) is 16.2. The Hall–Kier alpha value is 2.10. The van der Waals surface area contributed by atoms with Gasteiger partial charge in [0.25, 0.3) is 0 Å². The molecule has 0 aromatic heterocycles. The van der Waals surface area contributed by atoms with Crippen molar-refractivity contribution in [3.63, 3.8) is 0 Å². The third-order valence-electron chi connectivity index (χ3n) is 5.91. The summed E-state index contributed by atoms with van der Waals surface area (Å²) in [5.41, 5.74) is 2.43. The van der Waals surface area contributed by atoms with E-state index < -0.39 is 0 Å². The molecule has 1 heterocycles. The molecule has 0 bridgehead atoms. The molecule has 1 saturated heterocycles. The Morgan fingerprint density at radius 1 is 0.222 bits per heavy atom. The Morgan fingerprint density at radius 2 is 0.306 bits per heavy atom. The topological polar surface area (TPSA) is 0 Å². The highest BCUT2D eigenvalue weighted by Gasteiger charge is 2.28. The first-order valence-electron chi connectivity index (χ1n) is 13.7. The number of hydrogen-bond donors (Lipinski definition) is 0. The van der Waals surface area contributed by atoms with Gasteiger partial charge in [0, 0.05) is 0 Å². The predicted octanol–water partition coefficient (Wildman–Crippen LogP) is 10.6. The molecule has 0 radical (unpaired) electrons. The van der Waals surface area contributed by atoms with Gasteiger partial charge in [-0.2, -0.15) is 70.6 Å². The fourth-order valence-electron chi connectivity index (χ4n) is 3.87. The minimum atomic E-state index is 0.405. The fraction of sp³-hybridized carbons (Fsp3) is 1.00. The van der Waals surface area contributed by atoms with Crippen molar-refractivity contribution in [2.24, 2.45) is 32.5 Å². The number of hydrogen-bond acceptors (Lipinski definition) is 6. The molecule has 0 spiro atoms. The van der Waals surface area contributed by atoms with Crippen LogP contribution in [0.1, 0.15) is 83.1 Å². The summed E-state index contributed by atoms with van der Waals surface area (Å²) in [4.78, 5) is 0. The minimum absolute atomic E-state index is 0.405. The van der Waals surface area contributed by atoms with Crippen LogP contribution in [0.15, 0.2) is 0 Å². The molecule has 36 heavy (non-hydrogen) atoms. The molecular weight excluding hydrogens is 553 g/mol. The molecule has 0 N–H and O–H groups in total. The summed E-state index contributed by atoms with van der Waals surface area (Å²) in [5.74, 6) is 15.3. The van der Waals surface area contributed by atoms with Crippen molar-refractivity contribution in [3.05, 3.63) is 0 Å². The molecule has 0 aliphatic carbocycles. The van der Waals surface area contributed by atoms with Crippen LogP contribution in [0.5, 0.6) is 0 Å². The van der Waals surface area contributed by atoms with E-state index in [1.807, 2.05) is 0 Å². The lowest BCUT2D eigenvalue weighted by Crippen LogP contribution is -2.27. The maximum absolute atomic E-state index is 2.47. The van der Waals surface area contributed by atoms with Gasteiger partial charge in [0.1, 0.15) is 0 Å². The Kier molecular flexibility index (Phi) is 15.4. The van der Waals surface area contributed by atoms with Gasteiger partial charge in [0.05, 0.1) is 0 Å². The van der Waals surface area contributed by atoms with Gasteiger partial charge < -0.3 is 0 Å². The molecule has 0 aromatic rings. The van der Waals surface area contributed by atoms with Gasteiger partial charge in [-0.05, 0) is 102 Å². The van der Waals surface area contributed by atoms with E-state index in [-0.39, 0.29) is 0 Å². The van der Waals surface area contributed by atoms with Crippen molar-refractivity contribution >= 4 is 70.6 Å². The second-order valence-corrected chi connectivity index (χ2v) is 21.9. The average molecular weight is 613 g/mol. The van der Waals surface area contributed by atoms with Gasteiger partial charge in [0.2, 0.25) is 0 Å². The summed E-state index contributed by atoms with van der Waals surface area (Å²) in [6.07, 6.45) is 0. The largest absolute Gasteiger partial charge is 0.161 e. The van der Waals surface area contributed by atoms with E-state index in [0.717, 1.165) is 0 Å². The first kappa shape index (κ1) is 36.1. The summed E-state index contributed by atoms with van der Waals surface area (Å²) in [5, 5.41) is 0. The standard InChI is InChI=1S/C30H60S6/c1-25(2)13-31-15-26(3,4)17-33-19-28(7,8)21-35-23-30(11,12)24-36-22-29(9,10)20-34-18-27(5,6)16-32-14-25/h13-24H2,1-12H3. The zero-order valence-electron chi connectivity index (χ0n) is 25.9. The van der Waals surface area contributed by atoms with Crippen LogP contribution in [-0.2, 0) is 0 Å². The summed E-state index contributed by atoms with van der Waals surface area (Å²) >= 11 is 13.1. The van der Waals surface area contributed by atoms with Crippen LogP contribution in [0, 0.1) is 32.5 Å². The number of rotatable bonds is 0. The molecule has 0 nitrogen and oxygen atoms in total. The number of thioether (sulfide) groups is 6. The van der Waals surface area contributed by atoms with Gasteiger partial charge in [0.15, 0.2) is 0 Å². The summed E-state index contributed by atoms with van der Waals surface area (Å²) in [6, 6.07) is 0. The van der Waals surface area contributed by atoms with Crippen molar-refractivity contribution in [2.75, 3.05) is 69.0 Å². The molecule has 1 fully saturated rings. The van der Waals surface area contributed by atoms with Crippen molar-refractivity contribution < 1.29 is 0 Å². The molecule has 0 aromatic carbocycles. The van der Waals surface area contributed by atoms with Gasteiger partial charge >= 0.3 is 0 Å². The molecule has 216 valence electrons. The zero-order chi connectivity index (χ0) is 27.7. The molecule has 1 aliphatic heterocycles. The first-order valence-corrected chi connectivity index (χ1v) is 20.6. The van der Waals surface area contributed by atoms with Crippen LogP contribution in [0.25, 0.3) is 0 Å². The van der Waals surface area contributed by atoms with Crippen LogP contribution < -0.4 is 0 Å². The van der Waals surface area contributed by atoms with E-state index in [1.165, 1.54) is 69.0 Å². The molecule has 6 heteroatoms. The van der Waals surface area contributed by atoms with E-state index in [0.29, 0.717) is 32.5 Å². The normalized spacial score (nSPS) is 29.0. The average Bonchev–Trinajstić information content (AvgIpc) is 2.65. The summed E-state index contributed by atoms with van der Waals surface area (Å²) < 4.78 is 0. The third kappa shape index (κ3) is 17.7. The molecule has 0 amide bonds. The third-order valence-corrected chi connectivity index (χ3v) is 17.7. The molecule has 1 aliphatic rings. The lowest BCUT2D eigenvalue weighted by Gasteiger charge is -2.32. The Balaban J connectivity index is 2.78. The maximum Gasteiger partial charge on any atom is -0.000799 e. The highest BCUT2D eigenvalue weighted by Crippen LogP contribution is 2.38. The van der Waals surface area contributed by atoms with Crippen LogP contribution in [0.2, 0.25) is 0 Å². The zero-order valence-corrected chi connectivity index (χ0v) is 30.8. The highest BCUT2D eigenvalue weighted by atomic mass is 32.2. The van der Waals surface area contributed by atoms with Crippen molar-refractivity contribution in [3.8, 4) is 0 Å². The second kappa shape index (κ2) is 15.4. The lowest BCUT2D eigenvalue weighted by atomic mass is 9.99. The van der Waals surface area contributed by atoms with Crippen molar-refractivity contribution in [1.82, 2.24) is 0 Å². The van der Waals surface area contributed by atoms with Crippen molar-refractivity contribution in [2.45, 2.75) is 83.1 Å². The monoisotopic (exact) mass is 612 g/mol. The quantitative estimate of drug-likeness (QED) is 0.265. The molecule has 0 saturated carbocycles. The van der Waals surface area contributed by atoms with Crippen LogP contribution >= 0.6 is 70.6 Å². The Bertz CT molecular complexity index is 445. The van der Waals surface area contributed by atoms with Gasteiger partial charge in [-0.1, -0.05) is 83.1 Å². The van der Waals surface area contributed by atoms with Gasteiger partial charge in [-0.3, -0.25) is 0 Å². The molecule has 0 atom stereocenters. The van der Waals surface area contributed by atoms with Gasteiger partial charge in [-0.25, -0.2) is 0 Å². The van der Waals surface area contributed by atoms with E-state index in [2.05, 4.69) is 154 Å². The summed E-state index contributed by atoms with van der Waals surface area (Å²) in [7, 11) is 0. The predicted molar refractivity (Wildman–Crippen MR) is 187 cm³/mol. The Morgan fingerprint density at radius 3 is 0.389 bits per heavy atom. The molecular formula is C30H60S6. The maximum atomic E-state index is 2.47. The van der Waals surface area contributed by atoms with Crippen LogP contribution in [0.4, 0.5) is 0 Å². The van der Waals surface area contributed by atoms with E-state index in [1.54, 1.807) is 0 Å². The smallest absolute Gasteiger partial charge is 0.000799 e. The van der Waals surface area contributed by atoms with Crippen LogP contribution in [0.3, 0.4) is 0 Å². The molecule has 0 unspecified atom stereocenters. The van der Waals surface area contributed by atoms with E-state index in [4.69, 9.17) is 0 Å². The highest BCUT2D eigenvalue weighted by molar-refractivity contribution is 8.01. The molecule has 1 rings (SSSR count). The summed E-state index contributed by atoms with van der Waals surface area (Å²) in [6.45, 7) is 29.7. The SMILES string of the molecule is CC1(C)CSCC(C)(C)CSCC(C)(C)CSCC(C)(C)CSCC(C)(C)CSCC(C)(C)CSC1. The van der Waals surface area contributed by atoms with Crippen molar-refractivity contribution in [1.29, 1.82) is 0 Å². The fourth-order valence-corrected chi connectivity index (χ4v) is 13.1. The minimum Gasteiger partial charge on any atom is -0.161 e. The second-order valence-electron chi connectivity index (χ2n) is 15.9. The Labute approximate surface area is 253 Å². The van der Waals surface area contributed by atoms with Gasteiger partial charge in [-0.15, -0.1) is 0 Å². The van der Waals surface area contributed by atoms with Crippen LogP contribution in [-0.4, -0.2) is 69.0 Å². The van der Waals surface area contributed by atoms with E-state index in [9.17, 15) is 0 Å². The lowest BCUT2D eigenvalue weighted by molar-refractivity contribution is 0.463.